The standard InChI is InChI=1S/C17H19NO6S/c1-11-10-25-17(21)18(11)7-6-16(20)24-9-14(19)13-8-12(22-2)4-5-15(13)23-3/h4-5,8,10H,6-7,9H2,1-3H3. The van der Waals surface area contributed by atoms with E-state index >= 15 is 0 Å². The van der Waals surface area contributed by atoms with Crippen LogP contribution in [0.4, 0.5) is 0 Å². The fourth-order valence-corrected chi connectivity index (χ4v) is 2.97. The second-order valence-electron chi connectivity index (χ2n) is 5.19. The molecule has 134 valence electrons. The smallest absolute Gasteiger partial charge is 0.308 e. The Bertz CT molecular complexity index is 823. The number of methoxy groups -OCH3 is 2. The minimum atomic E-state index is -0.548. The van der Waals surface area contributed by atoms with Crippen molar-refractivity contribution in [3.8, 4) is 11.5 Å². The number of esters is 1. The minimum absolute atomic E-state index is 0.0139. The molecule has 1 heterocycles. The highest BCUT2D eigenvalue weighted by molar-refractivity contribution is 7.07. The molecule has 2 rings (SSSR count). The number of rotatable bonds is 8. The normalized spacial score (nSPS) is 10.4. The molecule has 0 radical (unpaired) electrons. The Morgan fingerprint density at radius 1 is 1.20 bits per heavy atom. The van der Waals surface area contributed by atoms with E-state index in [1.807, 2.05) is 0 Å². The van der Waals surface area contributed by atoms with Crippen molar-refractivity contribution in [1.82, 2.24) is 4.57 Å². The average molecular weight is 365 g/mol. The predicted octanol–water partition coefficient (Wildman–Crippen LogP) is 2.05. The molecule has 0 saturated heterocycles. The van der Waals surface area contributed by atoms with Gasteiger partial charge in [-0.25, -0.2) is 0 Å². The number of thiazole rings is 1. The van der Waals surface area contributed by atoms with Gasteiger partial charge >= 0.3 is 10.8 Å². The first-order valence-electron chi connectivity index (χ1n) is 7.52. The number of hydrogen-bond acceptors (Lipinski definition) is 7. The van der Waals surface area contributed by atoms with Gasteiger partial charge in [-0.2, -0.15) is 0 Å². The van der Waals surface area contributed by atoms with E-state index in [-0.39, 0.29) is 23.4 Å². The Kier molecular flexibility index (Phi) is 6.35. The lowest BCUT2D eigenvalue weighted by Gasteiger charge is -2.10. The van der Waals surface area contributed by atoms with Crippen LogP contribution >= 0.6 is 11.3 Å². The number of hydrogen-bond donors (Lipinski definition) is 0. The zero-order valence-electron chi connectivity index (χ0n) is 14.2. The van der Waals surface area contributed by atoms with Gasteiger partial charge in [0.05, 0.1) is 26.2 Å². The Hall–Kier alpha value is -2.61. The van der Waals surface area contributed by atoms with E-state index in [4.69, 9.17) is 14.2 Å². The number of ether oxygens (including phenoxy) is 3. The number of aryl methyl sites for hydroxylation is 1. The maximum Gasteiger partial charge on any atom is 0.308 e. The van der Waals surface area contributed by atoms with Crippen molar-refractivity contribution in [3.63, 3.8) is 0 Å². The van der Waals surface area contributed by atoms with Crippen molar-refractivity contribution in [1.29, 1.82) is 0 Å². The SMILES string of the molecule is COc1ccc(OC)c(C(=O)COC(=O)CCn2c(C)csc2=O)c1. The first kappa shape index (κ1) is 18.7. The molecule has 0 bridgehead atoms. The monoisotopic (exact) mass is 365 g/mol. The molecule has 0 fully saturated rings. The highest BCUT2D eigenvalue weighted by Crippen LogP contribution is 2.24. The number of carbonyl (C=O) groups is 2. The molecular weight excluding hydrogens is 346 g/mol. The van der Waals surface area contributed by atoms with Crippen LogP contribution < -0.4 is 14.3 Å². The largest absolute Gasteiger partial charge is 0.497 e. The van der Waals surface area contributed by atoms with Gasteiger partial charge in [-0.3, -0.25) is 14.4 Å². The van der Waals surface area contributed by atoms with Gasteiger partial charge in [0.15, 0.2) is 6.61 Å². The molecule has 0 atom stereocenters. The molecule has 2 aromatic rings. The zero-order valence-corrected chi connectivity index (χ0v) is 15.1. The van der Waals surface area contributed by atoms with Gasteiger partial charge in [-0.1, -0.05) is 11.3 Å². The van der Waals surface area contributed by atoms with E-state index in [0.29, 0.717) is 11.5 Å². The van der Waals surface area contributed by atoms with E-state index in [0.717, 1.165) is 17.0 Å². The van der Waals surface area contributed by atoms with E-state index in [2.05, 4.69) is 0 Å². The third-order valence-corrected chi connectivity index (χ3v) is 4.47. The first-order chi connectivity index (χ1) is 12.0. The molecule has 0 N–H and O–H groups in total. The summed E-state index contributed by atoms with van der Waals surface area (Å²) in [5.74, 6) is -0.0641. The quantitative estimate of drug-likeness (QED) is 0.526. The summed E-state index contributed by atoms with van der Waals surface area (Å²) in [4.78, 5) is 35.6. The van der Waals surface area contributed by atoms with Gasteiger partial charge in [0.2, 0.25) is 5.78 Å². The maximum atomic E-state index is 12.3. The van der Waals surface area contributed by atoms with Crippen LogP contribution in [0.1, 0.15) is 22.5 Å². The van der Waals surface area contributed by atoms with Crippen LogP contribution in [-0.4, -0.2) is 37.1 Å². The third-order valence-electron chi connectivity index (χ3n) is 3.59. The fraction of sp³-hybridized carbons (Fsp3) is 0.353. The van der Waals surface area contributed by atoms with E-state index in [1.165, 1.54) is 24.9 Å². The van der Waals surface area contributed by atoms with Crippen LogP contribution in [0.25, 0.3) is 0 Å². The first-order valence-corrected chi connectivity index (χ1v) is 8.40. The summed E-state index contributed by atoms with van der Waals surface area (Å²) >= 11 is 1.08. The molecule has 1 aromatic carbocycles. The van der Waals surface area contributed by atoms with E-state index in [1.54, 1.807) is 24.4 Å². The summed E-state index contributed by atoms with van der Waals surface area (Å²) in [7, 11) is 2.94. The number of ketones is 1. The lowest BCUT2D eigenvalue weighted by atomic mass is 10.1. The van der Waals surface area contributed by atoms with Gasteiger partial charge < -0.3 is 18.8 Å². The van der Waals surface area contributed by atoms with Gasteiger partial charge in [-0.15, -0.1) is 0 Å². The summed E-state index contributed by atoms with van der Waals surface area (Å²) in [5.41, 5.74) is 1.07. The molecule has 0 unspecified atom stereocenters. The van der Waals surface area contributed by atoms with E-state index in [9.17, 15) is 14.4 Å². The zero-order chi connectivity index (χ0) is 18.4. The second-order valence-corrected chi connectivity index (χ2v) is 6.02. The topological polar surface area (TPSA) is 83.8 Å². The summed E-state index contributed by atoms with van der Waals surface area (Å²) in [5, 5.41) is 1.73. The van der Waals surface area contributed by atoms with Crippen LogP contribution in [0.3, 0.4) is 0 Å². The molecule has 1 aromatic heterocycles. The summed E-state index contributed by atoms with van der Waals surface area (Å²) in [6.07, 6.45) is 0.0139. The Morgan fingerprint density at radius 3 is 2.56 bits per heavy atom. The predicted molar refractivity (Wildman–Crippen MR) is 92.8 cm³/mol. The molecule has 0 aliphatic heterocycles. The molecule has 0 amide bonds. The molecule has 0 spiro atoms. The Labute approximate surface area is 148 Å². The summed E-state index contributed by atoms with van der Waals surface area (Å²) in [6, 6.07) is 4.81. The molecule has 8 heteroatoms. The van der Waals surface area contributed by atoms with Crippen molar-refractivity contribution < 1.29 is 23.8 Å². The van der Waals surface area contributed by atoms with Crippen LogP contribution in [0, 0.1) is 6.92 Å². The Morgan fingerprint density at radius 2 is 1.96 bits per heavy atom. The Balaban J connectivity index is 1.93. The lowest BCUT2D eigenvalue weighted by Crippen LogP contribution is -2.20. The second kappa shape index (κ2) is 8.48. The van der Waals surface area contributed by atoms with Crippen LogP contribution in [0.2, 0.25) is 0 Å². The van der Waals surface area contributed by atoms with Gasteiger partial charge in [0, 0.05) is 17.6 Å². The minimum Gasteiger partial charge on any atom is -0.497 e. The van der Waals surface area contributed by atoms with Crippen LogP contribution in [-0.2, 0) is 16.1 Å². The van der Waals surface area contributed by atoms with Crippen molar-refractivity contribution in [2.75, 3.05) is 20.8 Å². The number of aromatic nitrogens is 1. The molecule has 0 aliphatic carbocycles. The molecule has 25 heavy (non-hydrogen) atoms. The van der Waals surface area contributed by atoms with Crippen LogP contribution in [0.15, 0.2) is 28.4 Å². The van der Waals surface area contributed by atoms with E-state index < -0.39 is 18.4 Å². The number of nitrogens with zero attached hydrogens (tertiary/aromatic N) is 1. The van der Waals surface area contributed by atoms with Crippen molar-refractivity contribution in [2.45, 2.75) is 19.9 Å². The highest BCUT2D eigenvalue weighted by atomic mass is 32.1. The van der Waals surface area contributed by atoms with Gasteiger partial charge in [0.25, 0.3) is 0 Å². The number of carbonyl (C=O) groups excluding carboxylic acids is 2. The highest BCUT2D eigenvalue weighted by Gasteiger charge is 2.16. The van der Waals surface area contributed by atoms with Crippen molar-refractivity contribution >= 4 is 23.1 Å². The van der Waals surface area contributed by atoms with Crippen molar-refractivity contribution in [3.05, 3.63) is 44.5 Å². The molecule has 0 saturated carbocycles. The molecule has 7 nitrogen and oxygen atoms in total. The van der Waals surface area contributed by atoms with Crippen LogP contribution in [0.5, 0.6) is 11.5 Å². The third kappa shape index (κ3) is 4.69. The lowest BCUT2D eigenvalue weighted by molar-refractivity contribution is -0.142. The van der Waals surface area contributed by atoms with Crippen molar-refractivity contribution in [2.24, 2.45) is 0 Å². The summed E-state index contributed by atoms with van der Waals surface area (Å²) < 4.78 is 16.7. The summed E-state index contributed by atoms with van der Waals surface area (Å²) in [6.45, 7) is 1.62. The molecule has 0 aliphatic rings. The average Bonchev–Trinajstić information content (AvgIpc) is 2.95. The number of benzene rings is 1. The molecular formula is C17H19NO6S. The fourth-order valence-electron chi connectivity index (χ4n) is 2.21. The number of Topliss-reactive ketones (excluding diaryl/α,β-unsaturated/α-hetero) is 1. The van der Waals surface area contributed by atoms with Gasteiger partial charge in [-0.05, 0) is 25.1 Å². The maximum absolute atomic E-state index is 12.3. The van der Waals surface area contributed by atoms with Gasteiger partial charge in [0.1, 0.15) is 11.5 Å².